The number of thioether (sulfide) groups is 1. The standard InChI is InChI=1S/C33H31N3O3S/c37-30-23-40-33(36(30)22-20-25-11-5-2-6-12-25)27-17-15-26(16-18-27)31(38)35-29-14-8-7-13-28(29)32(39)34-21-19-24-9-3-1-4-10-24/h1-18,33H,19-23H2,(H,34,39)(H,35,38)/t33-/m1/s1. The zero-order chi connectivity index (χ0) is 27.7. The van der Waals surface area contributed by atoms with E-state index in [0.717, 1.165) is 24.0 Å². The van der Waals surface area contributed by atoms with Crippen molar-refractivity contribution in [2.75, 3.05) is 24.2 Å². The average Bonchev–Trinajstić information content (AvgIpc) is 3.37. The second-order valence-electron chi connectivity index (χ2n) is 9.60. The van der Waals surface area contributed by atoms with Crippen molar-refractivity contribution >= 4 is 35.2 Å². The van der Waals surface area contributed by atoms with Gasteiger partial charge >= 0.3 is 0 Å². The van der Waals surface area contributed by atoms with Crippen molar-refractivity contribution in [3.63, 3.8) is 0 Å². The van der Waals surface area contributed by atoms with Crippen molar-refractivity contribution in [3.05, 3.63) is 137 Å². The Labute approximate surface area is 238 Å². The van der Waals surface area contributed by atoms with E-state index >= 15 is 0 Å². The Kier molecular flexibility index (Phi) is 8.93. The number of anilines is 1. The van der Waals surface area contributed by atoms with Crippen molar-refractivity contribution in [1.29, 1.82) is 0 Å². The lowest BCUT2D eigenvalue weighted by Crippen LogP contribution is -2.30. The Hall–Kier alpha value is -4.36. The molecule has 4 aromatic carbocycles. The van der Waals surface area contributed by atoms with Crippen LogP contribution >= 0.6 is 11.8 Å². The summed E-state index contributed by atoms with van der Waals surface area (Å²) in [4.78, 5) is 40.5. The largest absolute Gasteiger partial charge is 0.352 e. The van der Waals surface area contributed by atoms with E-state index in [1.54, 1.807) is 48.2 Å². The SMILES string of the molecule is O=C(Nc1ccccc1C(=O)NCCc1ccccc1)c1ccc([C@H]2SCC(=O)N2CCc2ccccc2)cc1. The summed E-state index contributed by atoms with van der Waals surface area (Å²) in [5.41, 5.74) is 4.68. The van der Waals surface area contributed by atoms with Gasteiger partial charge in [0.25, 0.3) is 11.8 Å². The Balaban J connectivity index is 1.20. The molecule has 1 heterocycles. The van der Waals surface area contributed by atoms with Gasteiger partial charge in [-0.05, 0) is 53.8 Å². The number of hydrogen-bond acceptors (Lipinski definition) is 4. The predicted molar refractivity (Wildman–Crippen MR) is 160 cm³/mol. The molecular formula is C33H31N3O3S. The van der Waals surface area contributed by atoms with E-state index in [4.69, 9.17) is 0 Å². The fourth-order valence-corrected chi connectivity index (χ4v) is 5.93. The van der Waals surface area contributed by atoms with Gasteiger partial charge in [-0.1, -0.05) is 84.9 Å². The Morgan fingerprint density at radius 2 is 1.38 bits per heavy atom. The Morgan fingerprint density at radius 1 is 0.750 bits per heavy atom. The van der Waals surface area contributed by atoms with Crippen LogP contribution in [0, 0.1) is 0 Å². The number of nitrogens with zero attached hydrogens (tertiary/aromatic N) is 1. The zero-order valence-corrected chi connectivity index (χ0v) is 22.9. The lowest BCUT2D eigenvalue weighted by Gasteiger charge is -2.24. The Bertz CT molecular complexity index is 1460. The van der Waals surface area contributed by atoms with Crippen LogP contribution in [0.5, 0.6) is 0 Å². The van der Waals surface area contributed by atoms with Crippen molar-refractivity contribution in [2.45, 2.75) is 18.2 Å². The molecule has 6 nitrogen and oxygen atoms in total. The van der Waals surface area contributed by atoms with Crippen molar-refractivity contribution in [3.8, 4) is 0 Å². The zero-order valence-electron chi connectivity index (χ0n) is 22.1. The Morgan fingerprint density at radius 3 is 2.08 bits per heavy atom. The first-order valence-electron chi connectivity index (χ1n) is 13.4. The van der Waals surface area contributed by atoms with E-state index in [-0.39, 0.29) is 23.1 Å². The molecule has 4 aromatic rings. The lowest BCUT2D eigenvalue weighted by molar-refractivity contribution is -0.128. The first kappa shape index (κ1) is 27.2. The number of hydrogen-bond donors (Lipinski definition) is 2. The first-order chi connectivity index (χ1) is 19.6. The second-order valence-corrected chi connectivity index (χ2v) is 10.7. The van der Waals surface area contributed by atoms with Crippen LogP contribution in [-0.2, 0) is 17.6 Å². The molecule has 202 valence electrons. The monoisotopic (exact) mass is 549 g/mol. The fraction of sp³-hybridized carbons (Fsp3) is 0.182. The summed E-state index contributed by atoms with van der Waals surface area (Å²) in [6.07, 6.45) is 1.52. The van der Waals surface area contributed by atoms with Gasteiger partial charge in [0.05, 0.1) is 17.0 Å². The van der Waals surface area contributed by atoms with Gasteiger partial charge in [0.1, 0.15) is 5.37 Å². The molecule has 1 fully saturated rings. The highest BCUT2D eigenvalue weighted by molar-refractivity contribution is 8.00. The minimum atomic E-state index is -0.299. The highest BCUT2D eigenvalue weighted by Crippen LogP contribution is 2.38. The molecule has 0 spiro atoms. The van der Waals surface area contributed by atoms with Gasteiger partial charge in [0.15, 0.2) is 0 Å². The summed E-state index contributed by atoms with van der Waals surface area (Å²) in [5, 5.41) is 5.76. The van der Waals surface area contributed by atoms with Crippen LogP contribution in [0.4, 0.5) is 5.69 Å². The quantitative estimate of drug-likeness (QED) is 0.265. The molecule has 0 saturated carbocycles. The number of carbonyl (C=O) groups is 3. The minimum Gasteiger partial charge on any atom is -0.352 e. The van der Waals surface area contributed by atoms with Crippen LogP contribution in [0.15, 0.2) is 109 Å². The lowest BCUT2D eigenvalue weighted by atomic mass is 10.1. The highest BCUT2D eigenvalue weighted by atomic mass is 32.2. The molecule has 0 aliphatic carbocycles. The molecule has 0 aromatic heterocycles. The fourth-order valence-electron chi connectivity index (χ4n) is 4.71. The molecule has 0 radical (unpaired) electrons. The van der Waals surface area contributed by atoms with E-state index in [2.05, 4.69) is 22.8 Å². The van der Waals surface area contributed by atoms with E-state index in [1.807, 2.05) is 65.6 Å². The third kappa shape index (κ3) is 6.79. The predicted octanol–water partition coefficient (Wildman–Crippen LogP) is 5.73. The maximum atomic E-state index is 13.1. The number of carbonyl (C=O) groups excluding carboxylic acids is 3. The summed E-state index contributed by atoms with van der Waals surface area (Å²) in [5.74, 6) is 0.0468. The maximum Gasteiger partial charge on any atom is 0.255 e. The third-order valence-electron chi connectivity index (χ3n) is 6.87. The van der Waals surface area contributed by atoms with E-state index < -0.39 is 0 Å². The molecule has 1 saturated heterocycles. The summed E-state index contributed by atoms with van der Waals surface area (Å²) in [7, 11) is 0. The summed E-state index contributed by atoms with van der Waals surface area (Å²) < 4.78 is 0. The third-order valence-corrected chi connectivity index (χ3v) is 8.13. The molecule has 1 aliphatic rings. The number of benzene rings is 4. The van der Waals surface area contributed by atoms with Crippen LogP contribution in [0.3, 0.4) is 0 Å². The molecule has 1 atom stereocenters. The first-order valence-corrected chi connectivity index (χ1v) is 14.4. The summed E-state index contributed by atoms with van der Waals surface area (Å²) in [6.45, 7) is 1.14. The van der Waals surface area contributed by atoms with Crippen LogP contribution in [-0.4, -0.2) is 41.5 Å². The van der Waals surface area contributed by atoms with Crippen molar-refractivity contribution in [1.82, 2.24) is 10.2 Å². The smallest absolute Gasteiger partial charge is 0.255 e. The second kappa shape index (κ2) is 13.1. The molecule has 0 bridgehead atoms. The van der Waals surface area contributed by atoms with Crippen LogP contribution in [0.25, 0.3) is 0 Å². The molecule has 0 unspecified atom stereocenters. The van der Waals surface area contributed by atoms with E-state index in [0.29, 0.717) is 35.7 Å². The summed E-state index contributed by atoms with van der Waals surface area (Å²) in [6, 6.07) is 34.5. The summed E-state index contributed by atoms with van der Waals surface area (Å²) >= 11 is 1.61. The van der Waals surface area contributed by atoms with E-state index in [9.17, 15) is 14.4 Å². The number of nitrogens with one attached hydrogen (secondary N) is 2. The average molecular weight is 550 g/mol. The number of para-hydroxylation sites is 1. The van der Waals surface area contributed by atoms with Crippen LogP contribution in [0.1, 0.15) is 42.8 Å². The van der Waals surface area contributed by atoms with Gasteiger partial charge in [-0.15, -0.1) is 11.8 Å². The normalized spacial score (nSPS) is 14.7. The van der Waals surface area contributed by atoms with Gasteiger partial charge in [0, 0.05) is 18.7 Å². The van der Waals surface area contributed by atoms with Gasteiger partial charge in [0.2, 0.25) is 5.91 Å². The van der Waals surface area contributed by atoms with Gasteiger partial charge in [-0.2, -0.15) is 0 Å². The molecule has 40 heavy (non-hydrogen) atoms. The van der Waals surface area contributed by atoms with Gasteiger partial charge < -0.3 is 15.5 Å². The van der Waals surface area contributed by atoms with Crippen molar-refractivity contribution < 1.29 is 14.4 Å². The number of amides is 3. The maximum absolute atomic E-state index is 13.1. The highest BCUT2D eigenvalue weighted by Gasteiger charge is 2.32. The van der Waals surface area contributed by atoms with Gasteiger partial charge in [-0.3, -0.25) is 14.4 Å². The number of rotatable bonds is 10. The topological polar surface area (TPSA) is 78.5 Å². The van der Waals surface area contributed by atoms with Crippen LogP contribution in [0.2, 0.25) is 0 Å². The van der Waals surface area contributed by atoms with E-state index in [1.165, 1.54) is 5.56 Å². The molecular weight excluding hydrogens is 518 g/mol. The molecule has 1 aliphatic heterocycles. The molecule has 7 heteroatoms. The minimum absolute atomic E-state index is 0.0753. The molecule has 5 rings (SSSR count). The molecule has 3 amide bonds. The van der Waals surface area contributed by atoms with Crippen molar-refractivity contribution in [2.24, 2.45) is 0 Å². The van der Waals surface area contributed by atoms with Crippen LogP contribution < -0.4 is 10.6 Å². The molecule has 2 N–H and O–H groups in total. The van der Waals surface area contributed by atoms with Gasteiger partial charge in [-0.25, -0.2) is 0 Å².